The number of hydrogen-bond acceptors (Lipinski definition) is 3. The van der Waals surface area contributed by atoms with E-state index in [1.165, 1.54) is 64.5 Å². The van der Waals surface area contributed by atoms with Crippen molar-refractivity contribution in [3.63, 3.8) is 0 Å². The van der Waals surface area contributed by atoms with Gasteiger partial charge in [0.1, 0.15) is 5.60 Å². The molecule has 1 heterocycles. The molecule has 5 heteroatoms. The fourth-order valence-corrected chi connectivity index (χ4v) is 4.92. The normalized spacial score (nSPS) is 23.5. The lowest BCUT2D eigenvalue weighted by Gasteiger charge is -2.37. The van der Waals surface area contributed by atoms with Crippen molar-refractivity contribution in [3.05, 3.63) is 0 Å². The Hall–Kier alpha value is -0.290. The second kappa shape index (κ2) is 9.42. The predicted molar refractivity (Wildman–Crippen MR) is 103 cm³/mol. The van der Waals surface area contributed by atoms with Crippen molar-refractivity contribution in [2.24, 2.45) is 5.92 Å². The van der Waals surface area contributed by atoms with Crippen molar-refractivity contribution in [1.29, 1.82) is 0 Å². The zero-order chi connectivity index (χ0) is 17.6. The van der Waals surface area contributed by atoms with Gasteiger partial charge in [-0.1, -0.05) is 41.6 Å². The van der Waals surface area contributed by atoms with Gasteiger partial charge in [0.25, 0.3) is 0 Å². The highest BCUT2D eigenvalue weighted by Crippen LogP contribution is 2.30. The molecule has 0 radical (unpaired) electrons. The first-order valence-corrected chi connectivity index (χ1v) is 10.6. The molecule has 0 aromatic heterocycles. The Morgan fingerprint density at radius 1 is 1.12 bits per heavy atom. The van der Waals surface area contributed by atoms with E-state index in [4.69, 9.17) is 4.74 Å². The van der Waals surface area contributed by atoms with Gasteiger partial charge < -0.3 is 15.0 Å². The molecule has 2 fully saturated rings. The number of halogens is 1. The van der Waals surface area contributed by atoms with Crippen LogP contribution in [0.5, 0.6) is 0 Å². The van der Waals surface area contributed by atoms with Gasteiger partial charge in [-0.05, 0) is 65.5 Å². The molecular weight excluding hydrogens is 368 g/mol. The first kappa shape index (κ1) is 20.0. The Bertz CT molecular complexity index is 385. The molecule has 140 valence electrons. The number of alkyl halides is 1. The zero-order valence-corrected chi connectivity index (χ0v) is 17.2. The summed E-state index contributed by atoms with van der Waals surface area (Å²) >= 11 is 3.91. The van der Waals surface area contributed by atoms with E-state index in [1.807, 2.05) is 20.8 Å². The number of amides is 1. The molecule has 1 N–H and O–H groups in total. The zero-order valence-electron chi connectivity index (χ0n) is 15.7. The summed E-state index contributed by atoms with van der Waals surface area (Å²) in [6.45, 7) is 9.14. The quantitative estimate of drug-likeness (QED) is 0.676. The molecule has 4 nitrogen and oxygen atoms in total. The van der Waals surface area contributed by atoms with Crippen molar-refractivity contribution >= 4 is 22.0 Å². The minimum Gasteiger partial charge on any atom is -0.444 e. The molecule has 24 heavy (non-hydrogen) atoms. The van der Waals surface area contributed by atoms with E-state index in [1.54, 1.807) is 0 Å². The highest BCUT2D eigenvalue weighted by molar-refractivity contribution is 9.09. The standard InChI is InChI=1S/C19H35BrN2O2/c1-19(2,3)24-18(23)21-17(15-10-6-4-7-11-15)16(20)14-22-12-8-5-9-13-22/h15-17H,4-14H2,1-3H3,(H,21,23)/t16-,17+/m0/s1. The third-order valence-corrected chi connectivity index (χ3v) is 5.97. The fraction of sp³-hybridized carbons (Fsp3) is 0.947. The van der Waals surface area contributed by atoms with Crippen molar-refractivity contribution in [2.45, 2.75) is 88.6 Å². The smallest absolute Gasteiger partial charge is 0.407 e. The Morgan fingerprint density at radius 2 is 1.71 bits per heavy atom. The van der Waals surface area contributed by atoms with Gasteiger partial charge in [0.05, 0.1) is 0 Å². The molecule has 1 amide bonds. The second-order valence-corrected chi connectivity index (χ2v) is 9.62. The molecule has 0 bridgehead atoms. The summed E-state index contributed by atoms with van der Waals surface area (Å²) in [6, 6.07) is 0.155. The van der Waals surface area contributed by atoms with Gasteiger partial charge in [0, 0.05) is 17.4 Å². The molecule has 2 aliphatic rings. The number of likely N-dealkylation sites (tertiary alicyclic amines) is 1. The van der Waals surface area contributed by atoms with Gasteiger partial charge in [-0.3, -0.25) is 0 Å². The van der Waals surface area contributed by atoms with Crippen LogP contribution in [0.15, 0.2) is 0 Å². The van der Waals surface area contributed by atoms with Gasteiger partial charge >= 0.3 is 6.09 Å². The van der Waals surface area contributed by atoms with Gasteiger partial charge in [-0.25, -0.2) is 4.79 Å². The Balaban J connectivity index is 1.96. The summed E-state index contributed by atoms with van der Waals surface area (Å²) in [5.74, 6) is 0.556. The summed E-state index contributed by atoms with van der Waals surface area (Å²) in [4.78, 5) is 15.2. The number of rotatable bonds is 5. The number of carbonyl (C=O) groups is 1. The van der Waals surface area contributed by atoms with Crippen LogP contribution in [-0.4, -0.2) is 47.1 Å². The van der Waals surface area contributed by atoms with Gasteiger partial charge in [-0.15, -0.1) is 0 Å². The third kappa shape index (κ3) is 6.91. The van der Waals surface area contributed by atoms with Gasteiger partial charge in [-0.2, -0.15) is 0 Å². The van der Waals surface area contributed by atoms with E-state index in [0.717, 1.165) is 6.54 Å². The van der Waals surface area contributed by atoms with Crippen molar-refractivity contribution in [2.75, 3.05) is 19.6 Å². The topological polar surface area (TPSA) is 41.6 Å². The van der Waals surface area contributed by atoms with E-state index < -0.39 is 5.60 Å². The Labute approximate surface area is 156 Å². The molecular formula is C19H35BrN2O2. The van der Waals surface area contributed by atoms with Gasteiger partial charge in [0.2, 0.25) is 0 Å². The summed E-state index contributed by atoms with van der Waals surface area (Å²) in [6.07, 6.45) is 9.98. The van der Waals surface area contributed by atoms with Crippen LogP contribution in [0.3, 0.4) is 0 Å². The van der Waals surface area contributed by atoms with Gasteiger partial charge in [0.15, 0.2) is 0 Å². The van der Waals surface area contributed by atoms with Crippen molar-refractivity contribution in [1.82, 2.24) is 10.2 Å². The van der Waals surface area contributed by atoms with Crippen LogP contribution in [0.1, 0.15) is 72.1 Å². The summed E-state index contributed by atoms with van der Waals surface area (Å²) in [7, 11) is 0. The maximum Gasteiger partial charge on any atom is 0.407 e. The predicted octanol–water partition coefficient (Wildman–Crippen LogP) is 4.71. The van der Waals surface area contributed by atoms with E-state index in [9.17, 15) is 4.79 Å². The Kier molecular flexibility index (Phi) is 7.86. The Morgan fingerprint density at radius 3 is 2.29 bits per heavy atom. The molecule has 1 aliphatic carbocycles. The first-order valence-electron chi connectivity index (χ1n) is 9.71. The van der Waals surface area contributed by atoms with Crippen LogP contribution in [0.4, 0.5) is 4.79 Å². The van der Waals surface area contributed by atoms with E-state index >= 15 is 0 Å². The highest BCUT2D eigenvalue weighted by Gasteiger charge is 2.33. The van der Waals surface area contributed by atoms with E-state index in [-0.39, 0.29) is 17.0 Å². The lowest BCUT2D eigenvalue weighted by atomic mass is 9.82. The van der Waals surface area contributed by atoms with Crippen LogP contribution < -0.4 is 5.32 Å². The third-order valence-electron chi connectivity index (χ3n) is 5.11. The SMILES string of the molecule is CC(C)(C)OC(=O)N[C@H](C1CCCCC1)[C@@H](Br)CN1CCCCC1. The molecule has 0 aromatic rings. The monoisotopic (exact) mass is 402 g/mol. The van der Waals surface area contributed by atoms with Crippen molar-refractivity contribution < 1.29 is 9.53 Å². The summed E-state index contributed by atoms with van der Waals surface area (Å²) < 4.78 is 5.51. The average molecular weight is 403 g/mol. The molecule has 2 rings (SSSR count). The molecule has 2 atom stereocenters. The number of carbonyl (C=O) groups excluding carboxylic acids is 1. The number of alkyl carbamates (subject to hydrolysis) is 1. The highest BCUT2D eigenvalue weighted by atomic mass is 79.9. The van der Waals surface area contributed by atoms with Crippen LogP contribution in [-0.2, 0) is 4.74 Å². The van der Waals surface area contributed by atoms with E-state index in [0.29, 0.717) is 5.92 Å². The summed E-state index contributed by atoms with van der Waals surface area (Å²) in [5.41, 5.74) is -0.449. The number of nitrogens with zero attached hydrogens (tertiary/aromatic N) is 1. The maximum atomic E-state index is 12.3. The van der Waals surface area contributed by atoms with Crippen LogP contribution >= 0.6 is 15.9 Å². The molecule has 1 saturated carbocycles. The lowest BCUT2D eigenvalue weighted by molar-refractivity contribution is 0.0470. The largest absolute Gasteiger partial charge is 0.444 e. The number of hydrogen-bond donors (Lipinski definition) is 1. The van der Waals surface area contributed by atoms with E-state index in [2.05, 4.69) is 26.1 Å². The minimum atomic E-state index is -0.449. The molecule has 0 unspecified atom stereocenters. The molecule has 1 saturated heterocycles. The second-order valence-electron chi connectivity index (χ2n) is 8.45. The average Bonchev–Trinajstić information content (AvgIpc) is 2.52. The number of ether oxygens (including phenoxy) is 1. The first-order chi connectivity index (χ1) is 11.3. The molecule has 1 aliphatic heterocycles. The molecule has 0 aromatic carbocycles. The molecule has 0 spiro atoms. The number of nitrogens with one attached hydrogen (secondary N) is 1. The van der Waals surface area contributed by atoms with Crippen LogP contribution in [0.2, 0.25) is 0 Å². The van der Waals surface area contributed by atoms with Crippen LogP contribution in [0, 0.1) is 5.92 Å². The van der Waals surface area contributed by atoms with Crippen LogP contribution in [0.25, 0.3) is 0 Å². The maximum absolute atomic E-state index is 12.3. The number of piperidine rings is 1. The van der Waals surface area contributed by atoms with Crippen molar-refractivity contribution in [3.8, 4) is 0 Å². The lowest BCUT2D eigenvalue weighted by Crippen LogP contribution is -2.51. The summed E-state index contributed by atoms with van der Waals surface area (Å²) in [5, 5.41) is 3.20. The fourth-order valence-electron chi connectivity index (χ4n) is 3.94. The minimum absolute atomic E-state index is 0.155.